The average molecular weight is 185 g/mol. The van der Waals surface area contributed by atoms with Gasteiger partial charge in [-0.3, -0.25) is 4.68 Å². The normalized spacial score (nSPS) is 16.8. The van der Waals surface area contributed by atoms with Gasteiger partial charge in [0.15, 0.2) is 0 Å². The Morgan fingerprint density at radius 3 is 3.00 bits per heavy atom. The van der Waals surface area contributed by atoms with Crippen LogP contribution in [0.3, 0.4) is 0 Å². The number of hydrogen-bond acceptors (Lipinski definition) is 1. The predicted octanol–water partition coefficient (Wildman–Crippen LogP) is 2.82. The molecule has 0 N–H and O–H groups in total. The van der Waals surface area contributed by atoms with E-state index in [1.165, 1.54) is 18.5 Å². The number of halogens is 1. The van der Waals surface area contributed by atoms with Crippen LogP contribution in [0.2, 0.25) is 5.02 Å². The molecule has 0 radical (unpaired) electrons. The second-order valence-electron chi connectivity index (χ2n) is 3.38. The van der Waals surface area contributed by atoms with Gasteiger partial charge < -0.3 is 0 Å². The first kappa shape index (κ1) is 8.11. The maximum atomic E-state index is 6.03. The van der Waals surface area contributed by atoms with Gasteiger partial charge in [-0.05, 0) is 19.3 Å². The molecule has 3 heteroatoms. The van der Waals surface area contributed by atoms with Crippen molar-refractivity contribution in [2.24, 2.45) is 0 Å². The highest BCUT2D eigenvalue weighted by Gasteiger charge is 2.29. The molecule has 2 nitrogen and oxygen atoms in total. The summed E-state index contributed by atoms with van der Waals surface area (Å²) in [5.41, 5.74) is 1.26. The van der Waals surface area contributed by atoms with Crippen molar-refractivity contribution in [2.75, 3.05) is 0 Å². The van der Waals surface area contributed by atoms with Crippen molar-refractivity contribution in [1.29, 1.82) is 0 Å². The highest BCUT2D eigenvalue weighted by molar-refractivity contribution is 6.31. The smallest absolute Gasteiger partial charge is 0.0820 e. The minimum atomic E-state index is 0.701. The molecular formula is C9H13ClN2. The lowest BCUT2D eigenvalue weighted by atomic mass is 10.3. The molecule has 1 heterocycles. The zero-order chi connectivity index (χ0) is 8.55. The molecule has 0 spiro atoms. The fourth-order valence-electron chi connectivity index (χ4n) is 1.52. The van der Waals surface area contributed by atoms with E-state index in [4.69, 9.17) is 11.6 Å². The third kappa shape index (κ3) is 1.36. The molecule has 0 bridgehead atoms. The molecule has 1 aliphatic carbocycles. The molecule has 0 aliphatic heterocycles. The number of aromatic nitrogens is 2. The Bertz CT molecular complexity index is 276. The Kier molecular flexibility index (Phi) is 2.09. The van der Waals surface area contributed by atoms with E-state index >= 15 is 0 Å². The predicted molar refractivity (Wildman–Crippen MR) is 49.5 cm³/mol. The van der Waals surface area contributed by atoms with E-state index in [2.05, 4.69) is 16.7 Å². The quantitative estimate of drug-likeness (QED) is 0.707. The maximum absolute atomic E-state index is 6.03. The molecule has 0 atom stereocenters. The van der Waals surface area contributed by atoms with Crippen LogP contribution in [0.4, 0.5) is 0 Å². The molecule has 1 saturated carbocycles. The van der Waals surface area contributed by atoms with Gasteiger partial charge in [-0.25, -0.2) is 0 Å². The van der Waals surface area contributed by atoms with Crippen LogP contribution in [0.1, 0.15) is 37.8 Å². The van der Waals surface area contributed by atoms with E-state index in [-0.39, 0.29) is 0 Å². The van der Waals surface area contributed by atoms with Crippen molar-refractivity contribution in [3.63, 3.8) is 0 Å². The van der Waals surface area contributed by atoms with Crippen molar-refractivity contribution in [2.45, 2.75) is 38.6 Å². The largest absolute Gasteiger partial charge is 0.268 e. The molecular weight excluding hydrogens is 172 g/mol. The molecule has 12 heavy (non-hydrogen) atoms. The molecule has 0 aromatic carbocycles. The number of nitrogens with zero attached hydrogens (tertiary/aromatic N) is 2. The van der Waals surface area contributed by atoms with Gasteiger partial charge in [0.1, 0.15) is 0 Å². The Morgan fingerprint density at radius 2 is 2.42 bits per heavy atom. The summed E-state index contributed by atoms with van der Waals surface area (Å²) >= 11 is 6.03. The van der Waals surface area contributed by atoms with Gasteiger partial charge in [-0.1, -0.05) is 18.5 Å². The van der Waals surface area contributed by atoms with E-state index in [0.29, 0.717) is 5.92 Å². The van der Waals surface area contributed by atoms with Crippen LogP contribution >= 0.6 is 11.6 Å². The molecule has 0 saturated heterocycles. The van der Waals surface area contributed by atoms with Crippen LogP contribution in [0, 0.1) is 0 Å². The van der Waals surface area contributed by atoms with Gasteiger partial charge in [-0.2, -0.15) is 5.10 Å². The first-order valence-corrected chi connectivity index (χ1v) is 4.92. The summed E-state index contributed by atoms with van der Waals surface area (Å²) in [6, 6.07) is 0. The standard InChI is InChI=1S/C9H13ClN2/c1-2-5-12-9(7-3-4-7)8(10)6-11-12/h6-7H,2-5H2,1H3. The summed E-state index contributed by atoms with van der Waals surface area (Å²) in [5, 5.41) is 5.10. The summed E-state index contributed by atoms with van der Waals surface area (Å²) in [6.07, 6.45) is 5.47. The fourth-order valence-corrected chi connectivity index (χ4v) is 1.82. The third-order valence-electron chi connectivity index (χ3n) is 2.23. The lowest BCUT2D eigenvalue weighted by molar-refractivity contribution is 0.575. The molecule has 1 aromatic rings. The van der Waals surface area contributed by atoms with Crippen molar-refractivity contribution in [3.8, 4) is 0 Å². The van der Waals surface area contributed by atoms with Crippen LogP contribution in [0.5, 0.6) is 0 Å². The van der Waals surface area contributed by atoms with Gasteiger partial charge in [0.2, 0.25) is 0 Å². The second kappa shape index (κ2) is 3.09. The summed E-state index contributed by atoms with van der Waals surface area (Å²) in [6.45, 7) is 3.16. The summed E-state index contributed by atoms with van der Waals surface area (Å²) in [7, 11) is 0. The van der Waals surface area contributed by atoms with Gasteiger partial charge in [-0.15, -0.1) is 0 Å². The van der Waals surface area contributed by atoms with E-state index in [9.17, 15) is 0 Å². The highest BCUT2D eigenvalue weighted by Crippen LogP contribution is 2.43. The first-order valence-electron chi connectivity index (χ1n) is 4.54. The lowest BCUT2D eigenvalue weighted by Gasteiger charge is -2.04. The van der Waals surface area contributed by atoms with Crippen molar-refractivity contribution in [3.05, 3.63) is 16.9 Å². The number of aryl methyl sites for hydroxylation is 1. The fraction of sp³-hybridized carbons (Fsp3) is 0.667. The number of rotatable bonds is 3. The highest BCUT2D eigenvalue weighted by atomic mass is 35.5. The SMILES string of the molecule is CCCn1ncc(Cl)c1C1CC1. The van der Waals surface area contributed by atoms with Crippen LogP contribution in [-0.2, 0) is 6.54 Å². The molecule has 1 fully saturated rings. The monoisotopic (exact) mass is 184 g/mol. The zero-order valence-corrected chi connectivity index (χ0v) is 8.01. The molecule has 66 valence electrons. The van der Waals surface area contributed by atoms with Crippen molar-refractivity contribution < 1.29 is 0 Å². The third-order valence-corrected chi connectivity index (χ3v) is 2.52. The average Bonchev–Trinajstić information content (AvgIpc) is 2.80. The summed E-state index contributed by atoms with van der Waals surface area (Å²) in [4.78, 5) is 0. The minimum Gasteiger partial charge on any atom is -0.268 e. The molecule has 1 aromatic heterocycles. The topological polar surface area (TPSA) is 17.8 Å². The van der Waals surface area contributed by atoms with Gasteiger partial charge >= 0.3 is 0 Å². The molecule has 0 unspecified atom stereocenters. The molecule has 2 rings (SSSR count). The van der Waals surface area contributed by atoms with Crippen LogP contribution in [0.25, 0.3) is 0 Å². The second-order valence-corrected chi connectivity index (χ2v) is 3.78. The van der Waals surface area contributed by atoms with E-state index in [0.717, 1.165) is 18.0 Å². The Labute approximate surface area is 77.5 Å². The maximum Gasteiger partial charge on any atom is 0.0820 e. The van der Waals surface area contributed by atoms with E-state index in [1.807, 2.05) is 0 Å². The lowest BCUT2D eigenvalue weighted by Crippen LogP contribution is -2.03. The molecule has 0 amide bonds. The van der Waals surface area contributed by atoms with Gasteiger partial charge in [0.05, 0.1) is 16.9 Å². The Hall–Kier alpha value is -0.500. The van der Waals surface area contributed by atoms with Crippen LogP contribution < -0.4 is 0 Å². The minimum absolute atomic E-state index is 0.701. The van der Waals surface area contributed by atoms with E-state index < -0.39 is 0 Å². The number of hydrogen-bond donors (Lipinski definition) is 0. The summed E-state index contributed by atoms with van der Waals surface area (Å²) in [5.74, 6) is 0.701. The zero-order valence-electron chi connectivity index (χ0n) is 7.26. The van der Waals surface area contributed by atoms with Crippen LogP contribution in [-0.4, -0.2) is 9.78 Å². The van der Waals surface area contributed by atoms with E-state index in [1.54, 1.807) is 6.20 Å². The van der Waals surface area contributed by atoms with Crippen molar-refractivity contribution >= 4 is 11.6 Å². The van der Waals surface area contributed by atoms with Gasteiger partial charge in [0.25, 0.3) is 0 Å². The van der Waals surface area contributed by atoms with Crippen molar-refractivity contribution in [1.82, 2.24) is 9.78 Å². The first-order chi connectivity index (χ1) is 5.83. The summed E-state index contributed by atoms with van der Waals surface area (Å²) < 4.78 is 2.06. The van der Waals surface area contributed by atoms with Crippen LogP contribution in [0.15, 0.2) is 6.20 Å². The Balaban J connectivity index is 2.27. The molecule has 1 aliphatic rings. The van der Waals surface area contributed by atoms with Gasteiger partial charge in [0, 0.05) is 12.5 Å². The Morgan fingerprint density at radius 1 is 1.67 bits per heavy atom.